The molecule has 0 spiro atoms. The first kappa shape index (κ1) is 18.6. The van der Waals surface area contributed by atoms with E-state index in [-0.39, 0.29) is 30.4 Å². The summed E-state index contributed by atoms with van der Waals surface area (Å²) in [7, 11) is 0. The maximum atomic E-state index is 12.3. The second-order valence-electron chi connectivity index (χ2n) is 8.04. The minimum atomic E-state index is -0.397. The summed E-state index contributed by atoms with van der Waals surface area (Å²) in [6.45, 7) is 0.793. The number of hydrogen-bond donors (Lipinski definition) is 1. The molecule has 8 heteroatoms. The normalized spacial score (nSPS) is 29.5. The Hall–Kier alpha value is -2.45. The number of amides is 1. The third kappa shape index (κ3) is 3.86. The number of nitrogens with zero attached hydrogens (tertiary/aromatic N) is 3. The highest BCUT2D eigenvalue weighted by molar-refractivity contribution is 5.68. The van der Waals surface area contributed by atoms with Crippen molar-refractivity contribution in [2.45, 2.75) is 62.5 Å². The van der Waals surface area contributed by atoms with E-state index >= 15 is 0 Å². The monoisotopic (exact) mass is 398 g/mol. The number of ether oxygens (including phenoxy) is 3. The second-order valence-corrected chi connectivity index (χ2v) is 8.04. The molecule has 1 N–H and O–H groups in total. The first-order valence-corrected chi connectivity index (χ1v) is 10.5. The zero-order chi connectivity index (χ0) is 19.6. The van der Waals surface area contributed by atoms with Crippen molar-refractivity contribution in [1.29, 1.82) is 0 Å². The Morgan fingerprint density at radius 2 is 1.86 bits per heavy atom. The van der Waals surface area contributed by atoms with Gasteiger partial charge in [0.1, 0.15) is 23.9 Å². The van der Waals surface area contributed by atoms with Crippen LogP contribution in [0, 0.1) is 0 Å². The lowest BCUT2D eigenvalue weighted by atomic mass is 9.96. The Balaban J connectivity index is 1.20. The van der Waals surface area contributed by atoms with Gasteiger partial charge in [0.05, 0.1) is 19.4 Å². The average molecular weight is 398 g/mol. The van der Waals surface area contributed by atoms with Gasteiger partial charge in [-0.1, -0.05) is 54.8 Å². The molecular formula is C21H26N4O4. The van der Waals surface area contributed by atoms with Crippen molar-refractivity contribution >= 4 is 6.09 Å². The number of fused-ring (bicyclic) bond motifs is 1. The lowest BCUT2D eigenvalue weighted by molar-refractivity contribution is 0.00170. The SMILES string of the molecule is O=C(NC1CCCCC1)O[C@@H]1CO[C@H]2[C@@H]1OC[C@@H]2n1cc(-c2ccccc2)nn1. The summed E-state index contributed by atoms with van der Waals surface area (Å²) in [5, 5.41) is 11.6. The van der Waals surface area contributed by atoms with Gasteiger partial charge in [-0.3, -0.25) is 0 Å². The maximum absolute atomic E-state index is 12.3. The van der Waals surface area contributed by atoms with E-state index in [0.29, 0.717) is 13.2 Å². The zero-order valence-electron chi connectivity index (χ0n) is 16.3. The lowest BCUT2D eigenvalue weighted by Crippen LogP contribution is -2.41. The average Bonchev–Trinajstić information content (AvgIpc) is 3.47. The summed E-state index contributed by atoms with van der Waals surface area (Å²) in [5.74, 6) is 0. The van der Waals surface area contributed by atoms with E-state index in [1.807, 2.05) is 36.5 Å². The molecule has 1 amide bonds. The van der Waals surface area contributed by atoms with Gasteiger partial charge in [0.25, 0.3) is 0 Å². The number of alkyl carbamates (subject to hydrolysis) is 1. The highest BCUT2D eigenvalue weighted by Gasteiger charge is 2.50. The predicted molar refractivity (Wildman–Crippen MR) is 104 cm³/mol. The Kier molecular flexibility index (Phi) is 5.20. The molecule has 1 aromatic carbocycles. The van der Waals surface area contributed by atoms with E-state index in [0.717, 1.165) is 36.9 Å². The van der Waals surface area contributed by atoms with Gasteiger partial charge in [-0.25, -0.2) is 9.48 Å². The summed E-state index contributed by atoms with van der Waals surface area (Å²) in [5.41, 5.74) is 1.83. The fraction of sp³-hybridized carbons (Fsp3) is 0.571. The van der Waals surface area contributed by atoms with Gasteiger partial charge in [0, 0.05) is 11.6 Å². The van der Waals surface area contributed by atoms with Crippen LogP contribution in [0.4, 0.5) is 4.79 Å². The van der Waals surface area contributed by atoms with Gasteiger partial charge in [0.2, 0.25) is 0 Å². The van der Waals surface area contributed by atoms with Crippen molar-refractivity contribution in [1.82, 2.24) is 20.3 Å². The smallest absolute Gasteiger partial charge is 0.407 e. The van der Waals surface area contributed by atoms with Crippen molar-refractivity contribution in [3.05, 3.63) is 36.5 Å². The Morgan fingerprint density at radius 1 is 1.07 bits per heavy atom. The van der Waals surface area contributed by atoms with Gasteiger partial charge in [0.15, 0.2) is 6.10 Å². The second kappa shape index (κ2) is 8.12. The van der Waals surface area contributed by atoms with Gasteiger partial charge >= 0.3 is 6.09 Å². The molecule has 29 heavy (non-hydrogen) atoms. The van der Waals surface area contributed by atoms with Crippen LogP contribution in [0.15, 0.2) is 36.5 Å². The molecule has 2 saturated heterocycles. The van der Waals surface area contributed by atoms with Crippen molar-refractivity contribution in [3.63, 3.8) is 0 Å². The van der Waals surface area contributed by atoms with E-state index in [4.69, 9.17) is 14.2 Å². The molecule has 154 valence electrons. The van der Waals surface area contributed by atoms with Crippen LogP contribution in [0.3, 0.4) is 0 Å². The molecule has 3 fully saturated rings. The molecule has 1 aromatic heterocycles. The number of hydrogen-bond acceptors (Lipinski definition) is 6. The summed E-state index contributed by atoms with van der Waals surface area (Å²) >= 11 is 0. The standard InChI is InChI=1S/C21H26N4O4/c26-21(22-15-9-5-2-6-10-15)29-18-13-28-19-17(12-27-20(18)19)25-11-16(23-24-25)14-7-3-1-4-8-14/h1,3-4,7-8,11,15,17-20H,2,5-6,9-10,12-13H2,(H,22,26)/t17-,18+,19+,20+/m0/s1. The van der Waals surface area contributed by atoms with Crippen molar-refractivity contribution < 1.29 is 19.0 Å². The fourth-order valence-corrected chi connectivity index (χ4v) is 4.54. The van der Waals surface area contributed by atoms with E-state index in [1.165, 1.54) is 6.42 Å². The molecule has 0 unspecified atom stereocenters. The Bertz CT molecular complexity index is 836. The van der Waals surface area contributed by atoms with E-state index in [1.54, 1.807) is 4.68 Å². The molecule has 4 atom stereocenters. The van der Waals surface area contributed by atoms with Crippen LogP contribution in [0.25, 0.3) is 11.3 Å². The quantitative estimate of drug-likeness (QED) is 0.852. The van der Waals surface area contributed by atoms with E-state index in [9.17, 15) is 4.79 Å². The van der Waals surface area contributed by atoms with Crippen LogP contribution >= 0.6 is 0 Å². The minimum absolute atomic E-state index is 0.0834. The molecule has 5 rings (SSSR count). The van der Waals surface area contributed by atoms with Crippen molar-refractivity contribution in [3.8, 4) is 11.3 Å². The Labute approximate surface area is 169 Å². The van der Waals surface area contributed by atoms with Gasteiger partial charge in [-0.15, -0.1) is 5.10 Å². The molecule has 0 bridgehead atoms. The first-order valence-electron chi connectivity index (χ1n) is 10.5. The number of carbonyl (C=O) groups excluding carboxylic acids is 1. The molecule has 3 aliphatic rings. The number of benzene rings is 1. The summed E-state index contributed by atoms with van der Waals surface area (Å²) in [6.07, 6.45) is 6.29. The molecule has 0 radical (unpaired) electrons. The molecule has 2 aliphatic heterocycles. The number of aromatic nitrogens is 3. The summed E-state index contributed by atoms with van der Waals surface area (Å²) in [6, 6.07) is 10.1. The molecule has 8 nitrogen and oxygen atoms in total. The highest BCUT2D eigenvalue weighted by atomic mass is 16.6. The van der Waals surface area contributed by atoms with E-state index < -0.39 is 6.10 Å². The minimum Gasteiger partial charge on any atom is -0.441 e. The number of nitrogens with one attached hydrogen (secondary N) is 1. The maximum Gasteiger partial charge on any atom is 0.407 e. The van der Waals surface area contributed by atoms with Gasteiger partial charge < -0.3 is 19.5 Å². The molecular weight excluding hydrogens is 372 g/mol. The lowest BCUT2D eigenvalue weighted by Gasteiger charge is -2.24. The van der Waals surface area contributed by atoms with E-state index in [2.05, 4.69) is 15.6 Å². The summed E-state index contributed by atoms with van der Waals surface area (Å²) in [4.78, 5) is 12.3. The highest BCUT2D eigenvalue weighted by Crippen LogP contribution is 2.35. The number of carbonyl (C=O) groups is 1. The van der Waals surface area contributed by atoms with Crippen LogP contribution in [0.1, 0.15) is 38.1 Å². The molecule has 2 aromatic rings. The zero-order valence-corrected chi connectivity index (χ0v) is 16.3. The van der Waals surface area contributed by atoms with Gasteiger partial charge in [-0.2, -0.15) is 0 Å². The molecule has 1 aliphatic carbocycles. The third-order valence-corrected chi connectivity index (χ3v) is 6.09. The Morgan fingerprint density at radius 3 is 2.69 bits per heavy atom. The van der Waals surface area contributed by atoms with Crippen LogP contribution in [-0.4, -0.2) is 58.7 Å². The van der Waals surface area contributed by atoms with Crippen molar-refractivity contribution in [2.75, 3.05) is 13.2 Å². The predicted octanol–water partition coefficient (Wildman–Crippen LogP) is 2.71. The third-order valence-electron chi connectivity index (χ3n) is 6.09. The van der Waals surface area contributed by atoms with Crippen LogP contribution in [-0.2, 0) is 14.2 Å². The molecule has 1 saturated carbocycles. The van der Waals surface area contributed by atoms with Gasteiger partial charge in [-0.05, 0) is 12.8 Å². The van der Waals surface area contributed by atoms with Crippen molar-refractivity contribution in [2.24, 2.45) is 0 Å². The molecule has 3 heterocycles. The largest absolute Gasteiger partial charge is 0.441 e. The summed E-state index contributed by atoms with van der Waals surface area (Å²) < 4.78 is 19.3. The van der Waals surface area contributed by atoms with Crippen LogP contribution < -0.4 is 5.32 Å². The number of rotatable bonds is 4. The topological polar surface area (TPSA) is 87.5 Å². The van der Waals surface area contributed by atoms with Crippen LogP contribution in [0.5, 0.6) is 0 Å². The van der Waals surface area contributed by atoms with Crippen LogP contribution in [0.2, 0.25) is 0 Å². The fourth-order valence-electron chi connectivity index (χ4n) is 4.54. The first-order chi connectivity index (χ1) is 14.3.